The van der Waals surface area contributed by atoms with E-state index in [0.29, 0.717) is 6.04 Å². The molecule has 0 fully saturated rings. The summed E-state index contributed by atoms with van der Waals surface area (Å²) < 4.78 is 1.93. The minimum absolute atomic E-state index is 0.432. The van der Waals surface area contributed by atoms with Crippen LogP contribution in [0.15, 0.2) is 24.4 Å². The number of thiophene rings is 1. The lowest BCUT2D eigenvalue weighted by Crippen LogP contribution is -2.21. The SMILES string of the molecule is Cc1ccc(C(C)NCCc2ccnn2C)s1. The van der Waals surface area contributed by atoms with Crippen molar-refractivity contribution in [3.63, 3.8) is 0 Å². The van der Waals surface area contributed by atoms with E-state index in [2.05, 4.69) is 42.5 Å². The van der Waals surface area contributed by atoms with Gasteiger partial charge in [-0.05, 0) is 32.0 Å². The number of nitrogens with one attached hydrogen (secondary N) is 1. The second-order valence-corrected chi connectivity index (χ2v) is 5.64. The van der Waals surface area contributed by atoms with E-state index in [1.165, 1.54) is 15.4 Å². The molecule has 2 heterocycles. The highest BCUT2D eigenvalue weighted by Gasteiger charge is 2.07. The van der Waals surface area contributed by atoms with Gasteiger partial charge in [-0.25, -0.2) is 0 Å². The van der Waals surface area contributed by atoms with E-state index in [1.54, 1.807) is 0 Å². The van der Waals surface area contributed by atoms with Crippen molar-refractivity contribution in [1.29, 1.82) is 0 Å². The molecule has 1 atom stereocenters. The first-order valence-corrected chi connectivity index (χ1v) is 6.75. The van der Waals surface area contributed by atoms with Crippen LogP contribution in [-0.4, -0.2) is 16.3 Å². The first-order valence-electron chi connectivity index (χ1n) is 5.93. The van der Waals surface area contributed by atoms with E-state index in [0.717, 1.165) is 13.0 Å². The maximum atomic E-state index is 4.17. The number of aryl methyl sites for hydroxylation is 2. The Morgan fingerprint density at radius 3 is 2.82 bits per heavy atom. The summed E-state index contributed by atoms with van der Waals surface area (Å²) in [6.07, 6.45) is 2.87. The van der Waals surface area contributed by atoms with Crippen molar-refractivity contribution >= 4 is 11.3 Å². The summed E-state index contributed by atoms with van der Waals surface area (Å²) in [5, 5.41) is 7.71. The predicted molar refractivity (Wildman–Crippen MR) is 72.4 cm³/mol. The third-order valence-corrected chi connectivity index (χ3v) is 4.13. The van der Waals surface area contributed by atoms with Gasteiger partial charge in [0.2, 0.25) is 0 Å². The fourth-order valence-electron chi connectivity index (χ4n) is 1.85. The van der Waals surface area contributed by atoms with Gasteiger partial charge in [-0.2, -0.15) is 5.10 Å². The molecule has 0 aliphatic carbocycles. The van der Waals surface area contributed by atoms with Gasteiger partial charge in [0.15, 0.2) is 0 Å². The summed E-state index contributed by atoms with van der Waals surface area (Å²) in [6, 6.07) is 6.89. The zero-order chi connectivity index (χ0) is 12.3. The molecule has 1 N–H and O–H groups in total. The van der Waals surface area contributed by atoms with Crippen molar-refractivity contribution in [2.45, 2.75) is 26.3 Å². The normalized spacial score (nSPS) is 12.9. The Bertz CT molecular complexity index is 472. The Morgan fingerprint density at radius 1 is 1.41 bits per heavy atom. The lowest BCUT2D eigenvalue weighted by molar-refractivity contribution is 0.570. The molecule has 0 radical (unpaired) electrons. The minimum atomic E-state index is 0.432. The van der Waals surface area contributed by atoms with E-state index in [1.807, 2.05) is 29.3 Å². The number of hydrogen-bond donors (Lipinski definition) is 1. The lowest BCUT2D eigenvalue weighted by atomic mass is 10.2. The van der Waals surface area contributed by atoms with Crippen LogP contribution in [0.5, 0.6) is 0 Å². The zero-order valence-electron chi connectivity index (χ0n) is 10.6. The summed E-state index contributed by atoms with van der Waals surface area (Å²) >= 11 is 1.87. The lowest BCUT2D eigenvalue weighted by Gasteiger charge is -2.11. The standard InChI is InChI=1S/C13H19N3S/c1-10-4-5-13(17-10)11(2)14-8-6-12-7-9-15-16(12)3/h4-5,7,9,11,14H,6,8H2,1-3H3. The van der Waals surface area contributed by atoms with E-state index < -0.39 is 0 Å². The summed E-state index contributed by atoms with van der Waals surface area (Å²) in [7, 11) is 1.99. The van der Waals surface area contributed by atoms with Crippen LogP contribution in [0.1, 0.15) is 28.4 Å². The minimum Gasteiger partial charge on any atom is -0.309 e. The molecule has 0 saturated heterocycles. The molecule has 0 aliphatic heterocycles. The largest absolute Gasteiger partial charge is 0.309 e. The second-order valence-electron chi connectivity index (χ2n) is 4.32. The van der Waals surface area contributed by atoms with Crippen LogP contribution >= 0.6 is 11.3 Å². The molecule has 0 saturated carbocycles. The Balaban J connectivity index is 1.81. The van der Waals surface area contributed by atoms with Crippen LogP contribution in [0.3, 0.4) is 0 Å². The van der Waals surface area contributed by atoms with Crippen LogP contribution in [0.2, 0.25) is 0 Å². The van der Waals surface area contributed by atoms with Crippen molar-refractivity contribution < 1.29 is 0 Å². The van der Waals surface area contributed by atoms with E-state index in [9.17, 15) is 0 Å². The van der Waals surface area contributed by atoms with Gasteiger partial charge in [0, 0.05) is 47.7 Å². The fraction of sp³-hybridized carbons (Fsp3) is 0.462. The van der Waals surface area contributed by atoms with Gasteiger partial charge < -0.3 is 5.32 Å². The quantitative estimate of drug-likeness (QED) is 0.883. The monoisotopic (exact) mass is 249 g/mol. The van der Waals surface area contributed by atoms with Gasteiger partial charge in [-0.1, -0.05) is 0 Å². The van der Waals surface area contributed by atoms with E-state index in [-0.39, 0.29) is 0 Å². The molecule has 0 spiro atoms. The average Bonchev–Trinajstić information content (AvgIpc) is 2.88. The summed E-state index contributed by atoms with van der Waals surface area (Å²) in [6.45, 7) is 5.35. The number of rotatable bonds is 5. The number of hydrogen-bond acceptors (Lipinski definition) is 3. The predicted octanol–water partition coefficient (Wildman–Crippen LogP) is 2.68. The maximum Gasteiger partial charge on any atom is 0.0492 e. The molecule has 0 aliphatic rings. The summed E-state index contributed by atoms with van der Waals surface area (Å²) in [5.41, 5.74) is 1.27. The van der Waals surface area contributed by atoms with Crippen molar-refractivity contribution in [3.8, 4) is 0 Å². The third-order valence-electron chi connectivity index (χ3n) is 2.94. The highest BCUT2D eigenvalue weighted by molar-refractivity contribution is 7.12. The van der Waals surface area contributed by atoms with Crippen LogP contribution in [-0.2, 0) is 13.5 Å². The molecule has 17 heavy (non-hydrogen) atoms. The molecular formula is C13H19N3S. The summed E-state index contributed by atoms with van der Waals surface area (Å²) in [5.74, 6) is 0. The first kappa shape index (κ1) is 12.3. The second kappa shape index (κ2) is 5.47. The molecular weight excluding hydrogens is 230 g/mol. The van der Waals surface area contributed by atoms with Gasteiger partial charge in [-0.3, -0.25) is 4.68 Å². The maximum absolute atomic E-state index is 4.17. The van der Waals surface area contributed by atoms with Gasteiger partial charge in [0.25, 0.3) is 0 Å². The molecule has 0 aromatic carbocycles. The Labute approximate surface area is 106 Å². The van der Waals surface area contributed by atoms with Crippen molar-refractivity contribution in [2.75, 3.05) is 6.54 Å². The molecule has 2 aromatic rings. The Kier molecular flexibility index (Phi) is 3.97. The van der Waals surface area contributed by atoms with E-state index in [4.69, 9.17) is 0 Å². The van der Waals surface area contributed by atoms with Crippen LogP contribution < -0.4 is 5.32 Å². The van der Waals surface area contributed by atoms with Crippen molar-refractivity contribution in [3.05, 3.63) is 39.8 Å². The molecule has 0 amide bonds. The molecule has 2 rings (SSSR count). The van der Waals surface area contributed by atoms with Gasteiger partial charge in [0.05, 0.1) is 0 Å². The van der Waals surface area contributed by atoms with Crippen LogP contribution in [0.25, 0.3) is 0 Å². The molecule has 92 valence electrons. The first-order chi connectivity index (χ1) is 8.16. The fourth-order valence-corrected chi connectivity index (χ4v) is 2.75. The topological polar surface area (TPSA) is 29.9 Å². The Hall–Kier alpha value is -1.13. The average molecular weight is 249 g/mol. The highest BCUT2D eigenvalue weighted by atomic mass is 32.1. The number of nitrogens with zero attached hydrogens (tertiary/aromatic N) is 2. The van der Waals surface area contributed by atoms with Crippen molar-refractivity contribution in [1.82, 2.24) is 15.1 Å². The summed E-state index contributed by atoms with van der Waals surface area (Å²) in [4.78, 5) is 2.78. The zero-order valence-corrected chi connectivity index (χ0v) is 11.4. The van der Waals surface area contributed by atoms with E-state index >= 15 is 0 Å². The van der Waals surface area contributed by atoms with Crippen LogP contribution in [0.4, 0.5) is 0 Å². The van der Waals surface area contributed by atoms with Crippen molar-refractivity contribution in [2.24, 2.45) is 7.05 Å². The van der Waals surface area contributed by atoms with Crippen LogP contribution in [0, 0.1) is 6.92 Å². The molecule has 4 heteroatoms. The Morgan fingerprint density at radius 2 is 2.24 bits per heavy atom. The van der Waals surface area contributed by atoms with Gasteiger partial charge in [-0.15, -0.1) is 11.3 Å². The third kappa shape index (κ3) is 3.17. The molecule has 2 aromatic heterocycles. The van der Waals surface area contributed by atoms with Gasteiger partial charge >= 0.3 is 0 Å². The molecule has 1 unspecified atom stereocenters. The molecule has 3 nitrogen and oxygen atoms in total. The number of aromatic nitrogens is 2. The van der Waals surface area contributed by atoms with Gasteiger partial charge in [0.1, 0.15) is 0 Å². The molecule has 0 bridgehead atoms. The highest BCUT2D eigenvalue weighted by Crippen LogP contribution is 2.22. The smallest absolute Gasteiger partial charge is 0.0492 e.